The van der Waals surface area contributed by atoms with Crippen molar-refractivity contribution in [3.05, 3.63) is 0 Å². The van der Waals surface area contributed by atoms with Crippen LogP contribution < -0.4 is 0 Å². The lowest BCUT2D eigenvalue weighted by molar-refractivity contribution is -0.119. The first-order valence-electron chi connectivity index (χ1n) is 5.49. The number of hydrogen-bond donors (Lipinski definition) is 2. The Morgan fingerprint density at radius 2 is 1.38 bits per heavy atom. The highest BCUT2D eigenvalue weighted by atomic mass is 16.3. The van der Waals surface area contributed by atoms with Crippen LogP contribution in [-0.4, -0.2) is 91.6 Å². The highest BCUT2D eigenvalue weighted by Crippen LogP contribution is 2.23. The second kappa shape index (κ2) is 5.93. The van der Waals surface area contributed by atoms with Gasteiger partial charge in [0, 0.05) is 0 Å². The molecule has 0 heterocycles. The van der Waals surface area contributed by atoms with Crippen LogP contribution in [0.3, 0.4) is 0 Å². The summed E-state index contributed by atoms with van der Waals surface area (Å²) in [6.45, 7) is 1.90. The van der Waals surface area contributed by atoms with Gasteiger partial charge in [0.25, 0.3) is 0 Å². The molecule has 0 rings (SSSR count). The zero-order chi connectivity index (χ0) is 13.1. The molecule has 0 aliphatic carbocycles. The van der Waals surface area contributed by atoms with E-state index < -0.39 is 11.8 Å². The van der Waals surface area contributed by atoms with E-state index in [1.54, 1.807) is 0 Å². The van der Waals surface area contributed by atoms with Crippen molar-refractivity contribution >= 4 is 0 Å². The van der Waals surface area contributed by atoms with E-state index in [0.29, 0.717) is 0 Å². The summed E-state index contributed by atoms with van der Waals surface area (Å²) in [4.78, 5) is 5.77. The Morgan fingerprint density at radius 1 is 1.00 bits per heavy atom. The quantitative estimate of drug-likeness (QED) is 0.583. The predicted octanol–water partition coefficient (Wildman–Crippen LogP) is -0.891. The van der Waals surface area contributed by atoms with Crippen molar-refractivity contribution < 1.29 is 10.2 Å². The van der Waals surface area contributed by atoms with E-state index >= 15 is 0 Å². The van der Waals surface area contributed by atoms with Crippen molar-refractivity contribution in [2.24, 2.45) is 0 Å². The summed E-state index contributed by atoms with van der Waals surface area (Å²) in [5.41, 5.74) is -0.516. The number of rotatable bonds is 6. The normalized spacial score (nSPS) is 17.2. The lowest BCUT2D eigenvalue weighted by Crippen LogP contribution is -2.66. The molecular weight excluding hydrogens is 206 g/mol. The topological polar surface area (TPSA) is 50.2 Å². The Balaban J connectivity index is 5.07. The first-order chi connectivity index (χ1) is 7.19. The minimum atomic E-state index is -0.669. The molecule has 2 N–H and O–H groups in total. The first kappa shape index (κ1) is 15.8. The van der Waals surface area contributed by atoms with Gasteiger partial charge in [-0.15, -0.1) is 0 Å². The molecule has 0 spiro atoms. The summed E-state index contributed by atoms with van der Waals surface area (Å²) >= 11 is 0. The van der Waals surface area contributed by atoms with Gasteiger partial charge in [-0.2, -0.15) is 0 Å². The van der Waals surface area contributed by atoms with Crippen LogP contribution in [0.1, 0.15) is 6.92 Å². The van der Waals surface area contributed by atoms with E-state index in [1.165, 1.54) is 0 Å². The fraction of sp³-hybridized carbons (Fsp3) is 1.00. The second-order valence-electron chi connectivity index (χ2n) is 5.04. The molecule has 0 amide bonds. The average Bonchev–Trinajstić information content (AvgIpc) is 2.15. The highest BCUT2D eigenvalue weighted by molar-refractivity contribution is 4.94. The van der Waals surface area contributed by atoms with Crippen LogP contribution in [0, 0.1) is 0 Å². The van der Waals surface area contributed by atoms with E-state index in [-0.39, 0.29) is 12.6 Å². The van der Waals surface area contributed by atoms with E-state index in [2.05, 4.69) is 0 Å². The van der Waals surface area contributed by atoms with Gasteiger partial charge in [-0.1, -0.05) is 0 Å². The third-order valence-electron chi connectivity index (χ3n) is 3.59. The van der Waals surface area contributed by atoms with Gasteiger partial charge in [0.05, 0.1) is 18.3 Å². The monoisotopic (exact) mass is 233 g/mol. The predicted molar refractivity (Wildman–Crippen MR) is 66.3 cm³/mol. The molecule has 0 aromatic carbocycles. The smallest absolute Gasteiger partial charge is 0.103 e. The van der Waals surface area contributed by atoms with Crippen molar-refractivity contribution in [3.8, 4) is 0 Å². The van der Waals surface area contributed by atoms with Gasteiger partial charge in [0.1, 0.15) is 6.10 Å². The molecule has 5 heteroatoms. The summed E-state index contributed by atoms with van der Waals surface area (Å²) < 4.78 is 0. The van der Waals surface area contributed by atoms with E-state index in [0.717, 1.165) is 0 Å². The fourth-order valence-electron chi connectivity index (χ4n) is 1.84. The molecule has 0 aromatic heterocycles. The zero-order valence-electron chi connectivity index (χ0n) is 11.6. The molecule has 0 fully saturated rings. The summed E-state index contributed by atoms with van der Waals surface area (Å²) in [5, 5.41) is 19.8. The first-order valence-corrected chi connectivity index (χ1v) is 5.49. The van der Waals surface area contributed by atoms with Crippen LogP contribution in [-0.2, 0) is 0 Å². The number of aliphatic hydroxyl groups excluding tert-OH is 2. The van der Waals surface area contributed by atoms with Crippen LogP contribution in [0.4, 0.5) is 0 Å². The molecule has 0 aromatic rings. The third kappa shape index (κ3) is 2.93. The summed E-state index contributed by atoms with van der Waals surface area (Å²) in [5.74, 6) is 0. The lowest BCUT2D eigenvalue weighted by atomic mass is 9.95. The maximum Gasteiger partial charge on any atom is 0.103 e. The molecular formula is C11H27N3O2. The number of likely N-dealkylation sites (N-methyl/N-ethyl adjacent to an activating group) is 3. The van der Waals surface area contributed by atoms with Gasteiger partial charge in [0.2, 0.25) is 0 Å². The summed E-state index contributed by atoms with van der Waals surface area (Å²) in [6.07, 6.45) is -0.669. The molecule has 5 nitrogen and oxygen atoms in total. The molecule has 0 aliphatic rings. The van der Waals surface area contributed by atoms with Gasteiger partial charge >= 0.3 is 0 Å². The zero-order valence-corrected chi connectivity index (χ0v) is 11.6. The minimum absolute atomic E-state index is 0.0641. The van der Waals surface area contributed by atoms with Crippen LogP contribution >= 0.6 is 0 Å². The Hall–Kier alpha value is -0.200. The molecule has 0 radical (unpaired) electrons. The van der Waals surface area contributed by atoms with Crippen molar-refractivity contribution in [2.75, 3.05) is 48.9 Å². The van der Waals surface area contributed by atoms with Crippen molar-refractivity contribution in [1.82, 2.24) is 14.7 Å². The van der Waals surface area contributed by atoms with Crippen LogP contribution in [0.25, 0.3) is 0 Å². The Labute approximate surface area is 99.3 Å². The van der Waals surface area contributed by atoms with Crippen molar-refractivity contribution in [2.45, 2.75) is 24.7 Å². The number of aliphatic hydroxyl groups is 2. The second-order valence-corrected chi connectivity index (χ2v) is 5.04. The molecule has 0 saturated carbocycles. The van der Waals surface area contributed by atoms with Crippen molar-refractivity contribution in [3.63, 3.8) is 0 Å². The molecule has 0 saturated heterocycles. The van der Waals surface area contributed by atoms with E-state index in [4.69, 9.17) is 0 Å². The minimum Gasteiger partial charge on any atom is -0.395 e. The number of nitrogens with zero attached hydrogens (tertiary/aromatic N) is 3. The summed E-state index contributed by atoms with van der Waals surface area (Å²) in [6, 6.07) is -0.283. The molecule has 2 atom stereocenters. The Morgan fingerprint density at radius 3 is 1.56 bits per heavy atom. The standard InChI is InChI=1S/C11H27N3O2/c1-11(13(4)5,14(6)7)10(16)9(8-15)12(2)3/h9-10,15-16H,8H2,1-7H3. The molecule has 2 unspecified atom stereocenters. The maximum absolute atomic E-state index is 10.5. The van der Waals surface area contributed by atoms with Gasteiger partial charge < -0.3 is 15.1 Å². The Bertz CT molecular complexity index is 199. The van der Waals surface area contributed by atoms with Crippen LogP contribution in [0.15, 0.2) is 0 Å². The largest absolute Gasteiger partial charge is 0.395 e. The van der Waals surface area contributed by atoms with Gasteiger partial charge in [-0.25, -0.2) is 0 Å². The maximum atomic E-state index is 10.5. The van der Waals surface area contributed by atoms with Gasteiger partial charge in [-0.05, 0) is 49.2 Å². The lowest BCUT2D eigenvalue weighted by Gasteiger charge is -2.48. The molecule has 0 aliphatic heterocycles. The fourth-order valence-corrected chi connectivity index (χ4v) is 1.84. The SMILES string of the molecule is CN(C)C(CO)C(O)C(C)(N(C)C)N(C)C. The number of hydrogen-bond acceptors (Lipinski definition) is 5. The van der Waals surface area contributed by atoms with E-state index in [9.17, 15) is 10.2 Å². The van der Waals surface area contributed by atoms with Crippen LogP contribution in [0.2, 0.25) is 0 Å². The summed E-state index contributed by atoms with van der Waals surface area (Å²) in [7, 11) is 11.4. The van der Waals surface area contributed by atoms with E-state index in [1.807, 2.05) is 63.9 Å². The molecule has 98 valence electrons. The van der Waals surface area contributed by atoms with Crippen molar-refractivity contribution in [1.29, 1.82) is 0 Å². The van der Waals surface area contributed by atoms with Gasteiger partial charge in [-0.3, -0.25) is 9.80 Å². The third-order valence-corrected chi connectivity index (χ3v) is 3.59. The average molecular weight is 233 g/mol. The Kier molecular flexibility index (Phi) is 5.86. The van der Waals surface area contributed by atoms with Gasteiger partial charge in [0.15, 0.2) is 0 Å². The van der Waals surface area contributed by atoms with Crippen LogP contribution in [0.5, 0.6) is 0 Å². The highest BCUT2D eigenvalue weighted by Gasteiger charge is 2.42. The molecule has 16 heavy (non-hydrogen) atoms. The molecule has 0 bridgehead atoms.